The Labute approximate surface area is 174 Å². The van der Waals surface area contributed by atoms with E-state index in [-0.39, 0.29) is 0 Å². The van der Waals surface area contributed by atoms with Crippen LogP contribution in [0.2, 0.25) is 10.0 Å². The predicted octanol–water partition coefficient (Wildman–Crippen LogP) is 5.97. The van der Waals surface area contributed by atoms with Crippen LogP contribution in [0, 0.1) is 20.8 Å². The van der Waals surface area contributed by atoms with Gasteiger partial charge in [0.25, 0.3) is 0 Å². The van der Waals surface area contributed by atoms with Crippen LogP contribution in [0.5, 0.6) is 0 Å². The summed E-state index contributed by atoms with van der Waals surface area (Å²) in [7, 11) is 0. The summed E-state index contributed by atoms with van der Waals surface area (Å²) in [5.41, 5.74) is 5.13. The predicted molar refractivity (Wildman–Crippen MR) is 118 cm³/mol. The molecule has 0 radical (unpaired) electrons. The Hall–Kier alpha value is -2.08. The smallest absolute Gasteiger partial charge is 0.176 e. The molecule has 0 saturated heterocycles. The van der Waals surface area contributed by atoms with Gasteiger partial charge in [0, 0.05) is 33.1 Å². The highest BCUT2D eigenvalue weighted by atomic mass is 35.5. The molecule has 2 aromatic carbocycles. The Bertz CT molecular complexity index is 977. The zero-order valence-electron chi connectivity index (χ0n) is 15.3. The maximum absolute atomic E-state index is 6.27. The Morgan fingerprint density at radius 3 is 2.41 bits per heavy atom. The van der Waals surface area contributed by atoms with Crippen molar-refractivity contribution >= 4 is 52.0 Å². The topological polar surface area (TPSA) is 41.9 Å². The summed E-state index contributed by atoms with van der Waals surface area (Å²) >= 11 is 18.0. The third-order valence-electron chi connectivity index (χ3n) is 4.22. The van der Waals surface area contributed by atoms with Crippen molar-refractivity contribution in [2.24, 2.45) is 0 Å². The minimum atomic E-state index is 0.488. The molecule has 27 heavy (non-hydrogen) atoms. The summed E-state index contributed by atoms with van der Waals surface area (Å²) in [6.45, 7) is 6.57. The molecule has 7 heteroatoms. The fourth-order valence-corrected chi connectivity index (χ4v) is 3.52. The molecule has 1 heterocycles. The van der Waals surface area contributed by atoms with Gasteiger partial charge in [-0.25, -0.2) is 0 Å². The maximum Gasteiger partial charge on any atom is 0.176 e. The largest absolute Gasteiger partial charge is 0.332 e. The molecule has 0 spiro atoms. The van der Waals surface area contributed by atoms with E-state index in [1.807, 2.05) is 54.9 Å². The quantitative estimate of drug-likeness (QED) is 0.511. The number of aromatic nitrogens is 2. The number of hydrogen-bond acceptors (Lipinski definition) is 2. The first-order valence-electron chi connectivity index (χ1n) is 8.46. The number of rotatable bonds is 4. The van der Waals surface area contributed by atoms with Crippen LogP contribution in [0.4, 0.5) is 11.5 Å². The molecule has 0 aliphatic carbocycles. The lowest BCUT2D eigenvalue weighted by atomic mass is 10.1. The number of nitrogens with one attached hydrogen (secondary N) is 2. The van der Waals surface area contributed by atoms with Crippen molar-refractivity contribution in [3.63, 3.8) is 0 Å². The number of benzene rings is 2. The average Bonchev–Trinajstić information content (AvgIpc) is 2.93. The molecule has 0 unspecified atom stereocenters. The highest BCUT2D eigenvalue weighted by Gasteiger charge is 2.11. The summed E-state index contributed by atoms with van der Waals surface area (Å²) in [4.78, 5) is 0. The fraction of sp³-hybridized carbons (Fsp3) is 0.200. The molecule has 0 saturated carbocycles. The van der Waals surface area contributed by atoms with Crippen molar-refractivity contribution in [3.8, 4) is 0 Å². The number of hydrogen-bond donors (Lipinski definition) is 2. The molecule has 0 bridgehead atoms. The average molecular weight is 419 g/mol. The number of anilines is 2. The number of nitrogens with zero attached hydrogens (tertiary/aromatic N) is 2. The van der Waals surface area contributed by atoms with E-state index in [4.69, 9.17) is 35.4 Å². The van der Waals surface area contributed by atoms with E-state index in [0.717, 1.165) is 22.5 Å². The Kier molecular flexibility index (Phi) is 6.05. The van der Waals surface area contributed by atoms with Gasteiger partial charge < -0.3 is 10.6 Å². The summed E-state index contributed by atoms with van der Waals surface area (Å²) in [5.74, 6) is 0.665. The third-order valence-corrected chi connectivity index (χ3v) is 5.13. The number of thiocarbonyl (C=S) groups is 1. The van der Waals surface area contributed by atoms with Gasteiger partial charge in [-0.1, -0.05) is 47.0 Å². The SMILES string of the molecule is Cc1ccc(NC(=S)Nc2cc(C)n(Cc3c(Cl)cccc3Cl)n2)c(C)c1. The maximum atomic E-state index is 6.27. The summed E-state index contributed by atoms with van der Waals surface area (Å²) in [6.07, 6.45) is 0. The van der Waals surface area contributed by atoms with Gasteiger partial charge in [-0.3, -0.25) is 4.68 Å². The van der Waals surface area contributed by atoms with Crippen molar-refractivity contribution in [1.82, 2.24) is 9.78 Å². The second-order valence-electron chi connectivity index (χ2n) is 6.43. The summed E-state index contributed by atoms with van der Waals surface area (Å²) in [5, 5.41) is 12.6. The van der Waals surface area contributed by atoms with Gasteiger partial charge in [0.1, 0.15) is 0 Å². The molecule has 0 aliphatic heterocycles. The van der Waals surface area contributed by atoms with Crippen LogP contribution < -0.4 is 10.6 Å². The second kappa shape index (κ2) is 8.30. The molecular formula is C20H20Cl2N4S. The van der Waals surface area contributed by atoms with Crippen LogP contribution in [-0.4, -0.2) is 14.9 Å². The molecule has 2 N–H and O–H groups in total. The van der Waals surface area contributed by atoms with Crippen LogP contribution in [0.1, 0.15) is 22.4 Å². The van der Waals surface area contributed by atoms with Gasteiger partial charge in [0.2, 0.25) is 0 Å². The van der Waals surface area contributed by atoms with Gasteiger partial charge in [0.05, 0.1) is 6.54 Å². The van der Waals surface area contributed by atoms with Crippen molar-refractivity contribution in [3.05, 3.63) is 74.9 Å². The van der Waals surface area contributed by atoms with Crippen molar-refractivity contribution in [2.75, 3.05) is 10.6 Å². The number of aryl methyl sites for hydroxylation is 3. The lowest BCUT2D eigenvalue weighted by molar-refractivity contribution is 0.668. The van der Waals surface area contributed by atoms with Gasteiger partial charge >= 0.3 is 0 Å². The van der Waals surface area contributed by atoms with Crippen molar-refractivity contribution in [1.29, 1.82) is 0 Å². The Balaban J connectivity index is 1.71. The van der Waals surface area contributed by atoms with Gasteiger partial charge in [-0.05, 0) is 56.8 Å². The van der Waals surface area contributed by atoms with Gasteiger partial charge in [0.15, 0.2) is 10.9 Å². The van der Waals surface area contributed by atoms with Crippen LogP contribution in [0.15, 0.2) is 42.5 Å². The fourth-order valence-electron chi connectivity index (χ4n) is 2.79. The van der Waals surface area contributed by atoms with Crippen LogP contribution >= 0.6 is 35.4 Å². The minimum Gasteiger partial charge on any atom is -0.332 e. The van der Waals surface area contributed by atoms with Gasteiger partial charge in [-0.2, -0.15) is 5.10 Å². The molecule has 3 rings (SSSR count). The van der Waals surface area contributed by atoms with Crippen LogP contribution in [-0.2, 0) is 6.54 Å². The monoisotopic (exact) mass is 418 g/mol. The highest BCUT2D eigenvalue weighted by Crippen LogP contribution is 2.26. The van der Waals surface area contributed by atoms with Crippen molar-refractivity contribution in [2.45, 2.75) is 27.3 Å². The molecule has 0 atom stereocenters. The van der Waals surface area contributed by atoms with Crippen LogP contribution in [0.3, 0.4) is 0 Å². The normalized spacial score (nSPS) is 10.7. The lowest BCUT2D eigenvalue weighted by Crippen LogP contribution is -2.20. The molecule has 0 fully saturated rings. The Morgan fingerprint density at radius 2 is 1.74 bits per heavy atom. The first-order valence-corrected chi connectivity index (χ1v) is 9.62. The van der Waals surface area contributed by atoms with E-state index in [1.54, 1.807) is 0 Å². The first kappa shape index (κ1) is 19.7. The molecule has 3 aromatic rings. The lowest BCUT2D eigenvalue weighted by Gasteiger charge is -2.12. The molecule has 1 aromatic heterocycles. The third kappa shape index (κ3) is 4.80. The zero-order valence-corrected chi connectivity index (χ0v) is 17.6. The Morgan fingerprint density at radius 1 is 1.04 bits per heavy atom. The standard InChI is InChI=1S/C20H20Cl2N4S/c1-12-7-8-18(13(2)9-12)23-20(27)24-19-10-14(3)26(25-19)11-15-16(21)5-4-6-17(15)22/h4-10H,11H2,1-3H3,(H2,23,24,25,27). The minimum absolute atomic E-state index is 0.488. The van der Waals surface area contributed by atoms with E-state index in [1.165, 1.54) is 5.56 Å². The molecule has 4 nitrogen and oxygen atoms in total. The second-order valence-corrected chi connectivity index (χ2v) is 7.65. The highest BCUT2D eigenvalue weighted by molar-refractivity contribution is 7.80. The van der Waals surface area contributed by atoms with Gasteiger partial charge in [-0.15, -0.1) is 0 Å². The number of halogens is 2. The van der Waals surface area contributed by atoms with E-state index >= 15 is 0 Å². The van der Waals surface area contributed by atoms with E-state index in [0.29, 0.717) is 27.5 Å². The summed E-state index contributed by atoms with van der Waals surface area (Å²) in [6, 6.07) is 13.6. The molecule has 0 aliphatic rings. The summed E-state index contributed by atoms with van der Waals surface area (Å²) < 4.78 is 1.84. The van der Waals surface area contributed by atoms with E-state index < -0.39 is 0 Å². The molecular weight excluding hydrogens is 399 g/mol. The van der Waals surface area contributed by atoms with Crippen molar-refractivity contribution < 1.29 is 0 Å². The molecule has 0 amide bonds. The van der Waals surface area contributed by atoms with Crippen LogP contribution in [0.25, 0.3) is 0 Å². The molecule has 140 valence electrons. The van der Waals surface area contributed by atoms with E-state index in [2.05, 4.69) is 28.7 Å². The first-order chi connectivity index (χ1) is 12.8. The van der Waals surface area contributed by atoms with E-state index in [9.17, 15) is 0 Å². The zero-order chi connectivity index (χ0) is 19.6.